The average molecular weight is 282 g/mol. The monoisotopic (exact) mass is 282 g/mol. The SMILES string of the molecule is COc1ccc(C(=O)N(CCCN)CC(C)C)cc1F. The molecule has 0 fully saturated rings. The summed E-state index contributed by atoms with van der Waals surface area (Å²) in [6.45, 7) is 5.82. The molecular weight excluding hydrogens is 259 g/mol. The molecule has 0 aromatic heterocycles. The van der Waals surface area contributed by atoms with Gasteiger partial charge in [-0.25, -0.2) is 4.39 Å². The number of carbonyl (C=O) groups excluding carboxylic acids is 1. The Morgan fingerprint density at radius 2 is 2.15 bits per heavy atom. The molecule has 0 spiro atoms. The molecular formula is C15H23FN2O2. The molecule has 5 heteroatoms. The van der Waals surface area contributed by atoms with Crippen LogP contribution in [0.5, 0.6) is 5.75 Å². The van der Waals surface area contributed by atoms with Gasteiger partial charge in [0.2, 0.25) is 0 Å². The highest BCUT2D eigenvalue weighted by atomic mass is 19.1. The zero-order valence-corrected chi connectivity index (χ0v) is 12.4. The molecule has 0 aliphatic heterocycles. The van der Waals surface area contributed by atoms with Crippen molar-refractivity contribution in [1.82, 2.24) is 4.90 Å². The van der Waals surface area contributed by atoms with Crippen molar-refractivity contribution in [2.75, 3.05) is 26.7 Å². The minimum Gasteiger partial charge on any atom is -0.494 e. The number of nitrogens with two attached hydrogens (primary N) is 1. The summed E-state index contributed by atoms with van der Waals surface area (Å²) in [4.78, 5) is 14.1. The van der Waals surface area contributed by atoms with Gasteiger partial charge in [-0.3, -0.25) is 4.79 Å². The van der Waals surface area contributed by atoms with E-state index in [1.54, 1.807) is 11.0 Å². The van der Waals surface area contributed by atoms with Crippen LogP contribution in [-0.4, -0.2) is 37.6 Å². The van der Waals surface area contributed by atoms with Crippen molar-refractivity contribution < 1.29 is 13.9 Å². The van der Waals surface area contributed by atoms with Gasteiger partial charge in [0, 0.05) is 18.7 Å². The van der Waals surface area contributed by atoms with E-state index in [1.165, 1.54) is 19.2 Å². The summed E-state index contributed by atoms with van der Waals surface area (Å²) in [5.41, 5.74) is 5.83. The van der Waals surface area contributed by atoms with Gasteiger partial charge in [0.15, 0.2) is 11.6 Å². The first-order valence-corrected chi connectivity index (χ1v) is 6.82. The van der Waals surface area contributed by atoms with Gasteiger partial charge in [0.25, 0.3) is 5.91 Å². The first-order chi connectivity index (χ1) is 9.49. The summed E-state index contributed by atoms with van der Waals surface area (Å²) < 4.78 is 18.5. The quantitative estimate of drug-likeness (QED) is 0.834. The zero-order valence-electron chi connectivity index (χ0n) is 12.4. The van der Waals surface area contributed by atoms with E-state index in [9.17, 15) is 9.18 Å². The maximum Gasteiger partial charge on any atom is 0.253 e. The van der Waals surface area contributed by atoms with Gasteiger partial charge in [0.05, 0.1) is 7.11 Å². The minimum absolute atomic E-state index is 0.138. The molecule has 0 aliphatic rings. The van der Waals surface area contributed by atoms with Gasteiger partial charge >= 0.3 is 0 Å². The summed E-state index contributed by atoms with van der Waals surface area (Å²) in [7, 11) is 1.40. The molecule has 1 aromatic carbocycles. The molecule has 0 saturated heterocycles. The predicted molar refractivity (Wildman–Crippen MR) is 77.4 cm³/mol. The molecule has 112 valence electrons. The Kier molecular flexibility index (Phi) is 6.45. The van der Waals surface area contributed by atoms with Gasteiger partial charge in [-0.2, -0.15) is 0 Å². The molecule has 0 bridgehead atoms. The normalized spacial score (nSPS) is 10.7. The van der Waals surface area contributed by atoms with Crippen LogP contribution in [0.4, 0.5) is 4.39 Å². The number of ether oxygens (including phenoxy) is 1. The molecule has 0 heterocycles. The molecule has 2 N–H and O–H groups in total. The van der Waals surface area contributed by atoms with Crippen LogP contribution < -0.4 is 10.5 Å². The van der Waals surface area contributed by atoms with E-state index in [0.717, 1.165) is 6.42 Å². The number of carbonyl (C=O) groups is 1. The van der Waals surface area contributed by atoms with E-state index in [2.05, 4.69) is 0 Å². The van der Waals surface area contributed by atoms with Crippen LogP contribution in [0.2, 0.25) is 0 Å². The Hall–Kier alpha value is -1.62. The average Bonchev–Trinajstić information content (AvgIpc) is 2.42. The molecule has 20 heavy (non-hydrogen) atoms. The third kappa shape index (κ3) is 4.49. The summed E-state index contributed by atoms with van der Waals surface area (Å²) in [6, 6.07) is 4.27. The molecule has 0 unspecified atom stereocenters. The van der Waals surface area contributed by atoms with Crippen molar-refractivity contribution in [2.45, 2.75) is 20.3 Å². The lowest BCUT2D eigenvalue weighted by molar-refractivity contribution is 0.0734. The Labute approximate surface area is 119 Å². The van der Waals surface area contributed by atoms with Crippen LogP contribution in [0.25, 0.3) is 0 Å². The van der Waals surface area contributed by atoms with E-state index in [1.807, 2.05) is 13.8 Å². The second kappa shape index (κ2) is 7.85. The fourth-order valence-electron chi connectivity index (χ4n) is 1.98. The van der Waals surface area contributed by atoms with Crippen LogP contribution in [0.15, 0.2) is 18.2 Å². The molecule has 0 radical (unpaired) electrons. The van der Waals surface area contributed by atoms with Crippen molar-refractivity contribution in [2.24, 2.45) is 11.7 Å². The second-order valence-electron chi connectivity index (χ2n) is 5.14. The van der Waals surface area contributed by atoms with Crippen molar-refractivity contribution >= 4 is 5.91 Å². The number of hydrogen-bond donors (Lipinski definition) is 1. The predicted octanol–water partition coefficient (Wildman–Crippen LogP) is 2.28. The minimum atomic E-state index is -0.526. The van der Waals surface area contributed by atoms with Crippen molar-refractivity contribution in [3.8, 4) is 5.75 Å². The Balaban J connectivity index is 2.90. The summed E-state index contributed by atoms with van der Waals surface area (Å²) in [5.74, 6) is -0.214. The van der Waals surface area contributed by atoms with Gasteiger partial charge < -0.3 is 15.4 Å². The number of halogens is 1. The van der Waals surface area contributed by atoms with Gasteiger partial charge in [-0.1, -0.05) is 13.8 Å². The summed E-state index contributed by atoms with van der Waals surface area (Å²) in [6.07, 6.45) is 0.733. The third-order valence-electron chi connectivity index (χ3n) is 2.90. The van der Waals surface area contributed by atoms with E-state index >= 15 is 0 Å². The highest BCUT2D eigenvalue weighted by Crippen LogP contribution is 2.19. The molecule has 1 amide bonds. The Morgan fingerprint density at radius 3 is 2.65 bits per heavy atom. The first kappa shape index (κ1) is 16.4. The van der Waals surface area contributed by atoms with Gasteiger partial charge in [-0.15, -0.1) is 0 Å². The molecule has 0 aliphatic carbocycles. The Bertz CT molecular complexity index is 449. The molecule has 1 aromatic rings. The van der Waals surface area contributed by atoms with Crippen LogP contribution in [0.3, 0.4) is 0 Å². The van der Waals surface area contributed by atoms with Crippen molar-refractivity contribution in [3.63, 3.8) is 0 Å². The number of hydrogen-bond acceptors (Lipinski definition) is 3. The fourth-order valence-corrected chi connectivity index (χ4v) is 1.98. The molecule has 1 rings (SSSR count). The highest BCUT2D eigenvalue weighted by molar-refractivity contribution is 5.94. The van der Waals surface area contributed by atoms with Gasteiger partial charge in [0.1, 0.15) is 0 Å². The smallest absolute Gasteiger partial charge is 0.253 e. The second-order valence-corrected chi connectivity index (χ2v) is 5.14. The molecule has 0 saturated carbocycles. The van der Waals surface area contributed by atoms with Crippen molar-refractivity contribution in [3.05, 3.63) is 29.6 Å². The van der Waals surface area contributed by atoms with Crippen LogP contribution in [-0.2, 0) is 0 Å². The number of nitrogens with zero attached hydrogens (tertiary/aromatic N) is 1. The number of benzene rings is 1. The lowest BCUT2D eigenvalue weighted by Crippen LogP contribution is -2.35. The molecule has 4 nitrogen and oxygen atoms in total. The highest BCUT2D eigenvalue weighted by Gasteiger charge is 2.18. The number of amides is 1. The lowest BCUT2D eigenvalue weighted by Gasteiger charge is -2.24. The largest absolute Gasteiger partial charge is 0.494 e. The van der Waals surface area contributed by atoms with Crippen molar-refractivity contribution in [1.29, 1.82) is 0 Å². The maximum atomic E-state index is 13.7. The number of rotatable bonds is 7. The van der Waals surface area contributed by atoms with E-state index in [-0.39, 0.29) is 11.7 Å². The van der Waals surface area contributed by atoms with E-state index in [0.29, 0.717) is 31.1 Å². The standard InChI is InChI=1S/C15H23FN2O2/c1-11(2)10-18(8-4-7-17)15(19)12-5-6-14(20-3)13(16)9-12/h5-6,9,11H,4,7-8,10,17H2,1-3H3. The summed E-state index contributed by atoms with van der Waals surface area (Å²) in [5, 5.41) is 0. The van der Waals surface area contributed by atoms with Crippen LogP contribution in [0, 0.1) is 11.7 Å². The Morgan fingerprint density at radius 1 is 1.45 bits per heavy atom. The van der Waals surface area contributed by atoms with E-state index < -0.39 is 5.82 Å². The van der Waals surface area contributed by atoms with Gasteiger partial charge in [-0.05, 0) is 37.1 Å². The van der Waals surface area contributed by atoms with E-state index in [4.69, 9.17) is 10.5 Å². The summed E-state index contributed by atoms with van der Waals surface area (Å²) >= 11 is 0. The zero-order chi connectivity index (χ0) is 15.1. The van der Waals surface area contributed by atoms with Crippen LogP contribution >= 0.6 is 0 Å². The fraction of sp³-hybridized carbons (Fsp3) is 0.533. The topological polar surface area (TPSA) is 55.6 Å². The first-order valence-electron chi connectivity index (χ1n) is 6.82. The maximum absolute atomic E-state index is 13.7. The lowest BCUT2D eigenvalue weighted by atomic mass is 10.1. The number of methoxy groups -OCH3 is 1. The van der Waals surface area contributed by atoms with Crippen LogP contribution in [0.1, 0.15) is 30.6 Å². The molecule has 0 atom stereocenters. The third-order valence-corrected chi connectivity index (χ3v) is 2.90.